The van der Waals surface area contributed by atoms with E-state index in [9.17, 15) is 9.90 Å². The maximum absolute atomic E-state index is 13.2. The van der Waals surface area contributed by atoms with Crippen molar-refractivity contribution in [1.29, 1.82) is 0 Å². The number of carbonyl (C=O) groups excluding carboxylic acids is 1. The molecule has 4 atom stereocenters. The number of aliphatic hydroxyl groups is 1. The highest BCUT2D eigenvalue weighted by Crippen LogP contribution is 2.44. The van der Waals surface area contributed by atoms with Crippen molar-refractivity contribution in [3.05, 3.63) is 17.5 Å². The summed E-state index contributed by atoms with van der Waals surface area (Å²) in [7, 11) is 1.84. The Hall–Kier alpha value is -1.44. The lowest BCUT2D eigenvalue weighted by atomic mass is 9.66. The molecule has 1 N–H and O–H groups in total. The van der Waals surface area contributed by atoms with Gasteiger partial charge in [0.2, 0.25) is 0 Å². The van der Waals surface area contributed by atoms with Crippen LogP contribution < -0.4 is 0 Å². The van der Waals surface area contributed by atoms with Crippen LogP contribution in [0.2, 0.25) is 0 Å². The van der Waals surface area contributed by atoms with Gasteiger partial charge in [-0.1, -0.05) is 0 Å². The summed E-state index contributed by atoms with van der Waals surface area (Å²) in [6.45, 7) is 4.65. The van der Waals surface area contributed by atoms with E-state index in [4.69, 9.17) is 9.47 Å². The van der Waals surface area contributed by atoms with Crippen LogP contribution in [0.5, 0.6) is 0 Å². The number of hydrogen-bond donors (Lipinski definition) is 1. The number of hydrogen-bond acceptors (Lipinski definition) is 5. The fraction of sp³-hybridized carbons (Fsp3) is 0.765. The lowest BCUT2D eigenvalue weighted by Gasteiger charge is -2.57. The molecule has 1 amide bonds. The zero-order chi connectivity index (χ0) is 16.9. The third kappa shape index (κ3) is 2.29. The van der Waals surface area contributed by atoms with Gasteiger partial charge < -0.3 is 19.5 Å². The predicted molar refractivity (Wildman–Crippen MR) is 85.6 cm³/mol. The molecule has 132 valence electrons. The topological polar surface area (TPSA) is 76.8 Å². The summed E-state index contributed by atoms with van der Waals surface area (Å²) in [5.74, 6) is -0.102. The zero-order valence-corrected chi connectivity index (χ0v) is 14.3. The molecular weight excluding hydrogens is 310 g/mol. The smallest absolute Gasteiger partial charge is 0.257 e. The number of likely N-dealkylation sites (tertiary alicyclic amines) is 1. The van der Waals surface area contributed by atoms with E-state index in [1.807, 2.05) is 18.9 Å². The molecule has 0 radical (unpaired) electrons. The van der Waals surface area contributed by atoms with Crippen LogP contribution in [0.25, 0.3) is 0 Å². The fourth-order valence-corrected chi connectivity index (χ4v) is 4.56. The maximum atomic E-state index is 13.2. The number of piperidine rings is 1. The van der Waals surface area contributed by atoms with E-state index in [0.29, 0.717) is 45.0 Å². The van der Waals surface area contributed by atoms with Crippen LogP contribution in [0, 0.1) is 18.8 Å². The van der Waals surface area contributed by atoms with Gasteiger partial charge in [-0.2, -0.15) is 5.10 Å². The first-order valence-corrected chi connectivity index (χ1v) is 8.70. The molecule has 7 nitrogen and oxygen atoms in total. The number of aromatic nitrogens is 2. The van der Waals surface area contributed by atoms with Crippen molar-refractivity contribution in [1.82, 2.24) is 14.7 Å². The second-order valence-electron chi connectivity index (χ2n) is 7.28. The number of aryl methyl sites for hydroxylation is 1. The summed E-state index contributed by atoms with van der Waals surface area (Å²) in [4.78, 5) is 15.1. The minimum atomic E-state index is -0.788. The van der Waals surface area contributed by atoms with Crippen molar-refractivity contribution in [2.24, 2.45) is 18.9 Å². The maximum Gasteiger partial charge on any atom is 0.257 e. The summed E-state index contributed by atoms with van der Waals surface area (Å²) in [5, 5.41) is 15.5. The third-order valence-electron chi connectivity index (χ3n) is 6.18. The van der Waals surface area contributed by atoms with Gasteiger partial charge in [0, 0.05) is 56.8 Å². The van der Waals surface area contributed by atoms with Crippen molar-refractivity contribution in [2.75, 3.05) is 33.0 Å². The number of fused-ring (bicyclic) bond motifs is 3. The van der Waals surface area contributed by atoms with E-state index in [1.165, 1.54) is 0 Å². The van der Waals surface area contributed by atoms with Crippen LogP contribution in [-0.4, -0.2) is 70.3 Å². The summed E-state index contributed by atoms with van der Waals surface area (Å²) < 4.78 is 13.0. The molecule has 0 unspecified atom stereocenters. The predicted octanol–water partition coefficient (Wildman–Crippen LogP) is 0.357. The minimum absolute atomic E-state index is 0.00474. The highest BCUT2D eigenvalue weighted by Gasteiger charge is 2.56. The molecule has 0 bridgehead atoms. The van der Waals surface area contributed by atoms with E-state index >= 15 is 0 Å². The van der Waals surface area contributed by atoms with E-state index in [0.717, 1.165) is 12.1 Å². The molecule has 3 aliphatic heterocycles. The molecule has 0 saturated carbocycles. The number of amides is 1. The molecule has 7 heteroatoms. The fourth-order valence-electron chi connectivity index (χ4n) is 4.56. The van der Waals surface area contributed by atoms with E-state index < -0.39 is 5.60 Å². The third-order valence-corrected chi connectivity index (χ3v) is 6.18. The van der Waals surface area contributed by atoms with Crippen LogP contribution in [0.4, 0.5) is 0 Å². The van der Waals surface area contributed by atoms with Crippen LogP contribution in [0.15, 0.2) is 6.20 Å². The first-order valence-electron chi connectivity index (χ1n) is 8.70. The second-order valence-corrected chi connectivity index (χ2v) is 7.28. The molecular formula is C17H25N3O4. The van der Waals surface area contributed by atoms with Gasteiger partial charge in [0.1, 0.15) is 0 Å². The molecule has 0 spiro atoms. The Labute approximate surface area is 141 Å². The van der Waals surface area contributed by atoms with Crippen LogP contribution in [-0.2, 0) is 16.5 Å². The average Bonchev–Trinajstić information content (AvgIpc) is 2.93. The van der Waals surface area contributed by atoms with Crippen LogP contribution in [0.1, 0.15) is 28.9 Å². The van der Waals surface area contributed by atoms with Crippen LogP contribution >= 0.6 is 0 Å². The quantitative estimate of drug-likeness (QED) is 0.802. The average molecular weight is 335 g/mol. The normalized spacial score (nSPS) is 36.1. The largest absolute Gasteiger partial charge is 0.389 e. The van der Waals surface area contributed by atoms with E-state index in [-0.39, 0.29) is 23.8 Å². The molecule has 4 heterocycles. The lowest BCUT2D eigenvalue weighted by molar-refractivity contribution is -0.212. The summed E-state index contributed by atoms with van der Waals surface area (Å²) >= 11 is 0. The first-order chi connectivity index (χ1) is 11.5. The Kier molecular flexibility index (Phi) is 3.89. The monoisotopic (exact) mass is 335 g/mol. The SMILES string of the molecule is Cc1c(C(=O)N2C[C@H]3COCC[C@@]3(O)[C@@H]3COCC[C@@H]32)cnn1C. The molecule has 1 aromatic heterocycles. The van der Waals surface area contributed by atoms with Crippen molar-refractivity contribution >= 4 is 5.91 Å². The van der Waals surface area contributed by atoms with Crippen molar-refractivity contribution < 1.29 is 19.4 Å². The number of rotatable bonds is 1. The van der Waals surface area contributed by atoms with Gasteiger partial charge in [-0.15, -0.1) is 0 Å². The van der Waals surface area contributed by atoms with Gasteiger partial charge >= 0.3 is 0 Å². The van der Waals surface area contributed by atoms with Crippen molar-refractivity contribution in [3.8, 4) is 0 Å². The Balaban J connectivity index is 1.68. The van der Waals surface area contributed by atoms with Crippen molar-refractivity contribution in [3.63, 3.8) is 0 Å². The van der Waals surface area contributed by atoms with E-state index in [1.54, 1.807) is 10.9 Å². The molecule has 24 heavy (non-hydrogen) atoms. The van der Waals surface area contributed by atoms with Crippen LogP contribution in [0.3, 0.4) is 0 Å². The Bertz CT molecular complexity index is 646. The van der Waals surface area contributed by atoms with Gasteiger partial charge in [0.25, 0.3) is 5.91 Å². The molecule has 0 aromatic carbocycles. The first kappa shape index (κ1) is 16.1. The lowest BCUT2D eigenvalue weighted by Crippen LogP contribution is -2.68. The summed E-state index contributed by atoms with van der Waals surface area (Å²) in [5.41, 5.74) is 0.721. The molecule has 3 aliphatic rings. The van der Waals surface area contributed by atoms with E-state index in [2.05, 4.69) is 5.10 Å². The second kappa shape index (κ2) is 5.82. The van der Waals surface area contributed by atoms with Gasteiger partial charge in [0.05, 0.1) is 30.6 Å². The van der Waals surface area contributed by atoms with Gasteiger partial charge in [-0.3, -0.25) is 9.48 Å². The van der Waals surface area contributed by atoms with Crippen molar-refractivity contribution in [2.45, 2.75) is 31.4 Å². The highest BCUT2D eigenvalue weighted by molar-refractivity contribution is 5.95. The molecule has 1 aromatic rings. The molecule has 3 saturated heterocycles. The Morgan fingerprint density at radius 1 is 1.38 bits per heavy atom. The molecule has 3 fully saturated rings. The number of ether oxygens (including phenoxy) is 2. The molecule has 4 rings (SSSR count). The van der Waals surface area contributed by atoms with Gasteiger partial charge in [-0.05, 0) is 13.3 Å². The van der Waals surface area contributed by atoms with Gasteiger partial charge in [-0.25, -0.2) is 0 Å². The van der Waals surface area contributed by atoms with Gasteiger partial charge in [0.15, 0.2) is 0 Å². The Morgan fingerprint density at radius 3 is 2.92 bits per heavy atom. The summed E-state index contributed by atoms with van der Waals surface area (Å²) in [6.07, 6.45) is 3.03. The number of carbonyl (C=O) groups is 1. The zero-order valence-electron chi connectivity index (χ0n) is 14.3. The molecule has 0 aliphatic carbocycles. The number of nitrogens with zero attached hydrogens (tertiary/aromatic N) is 3. The standard InChI is InChI=1S/C17H25N3O4/c1-11-13(7-18-19(11)2)16(21)20-8-12-9-24-6-4-17(12,22)14-10-23-5-3-15(14)20/h7,12,14-15,22H,3-6,8-10H2,1-2H3/t12-,14+,15-,17-/m0/s1. The Morgan fingerprint density at radius 2 is 2.17 bits per heavy atom. The summed E-state index contributed by atoms with van der Waals surface area (Å²) in [6, 6.07) is 0.0187. The minimum Gasteiger partial charge on any atom is -0.389 e. The highest BCUT2D eigenvalue weighted by atomic mass is 16.5.